The van der Waals surface area contributed by atoms with Gasteiger partial charge < -0.3 is 15.3 Å². The number of aliphatic hydroxyl groups is 1. The van der Waals surface area contributed by atoms with Crippen molar-refractivity contribution in [1.82, 2.24) is 4.90 Å². The van der Waals surface area contributed by atoms with E-state index in [4.69, 9.17) is 0 Å². The Hall–Kier alpha value is -1.55. The molecule has 0 spiro atoms. The van der Waals surface area contributed by atoms with E-state index in [1.165, 1.54) is 0 Å². The number of rotatable bonds is 3. The van der Waals surface area contributed by atoms with Gasteiger partial charge in [0.15, 0.2) is 0 Å². The largest absolute Gasteiger partial charge is 0.393 e. The maximum absolute atomic E-state index is 11.8. The summed E-state index contributed by atoms with van der Waals surface area (Å²) in [5.74, 6) is 0.0207. The second-order valence-corrected chi connectivity index (χ2v) is 5.43. The molecule has 1 amide bonds. The van der Waals surface area contributed by atoms with Gasteiger partial charge in [0.1, 0.15) is 0 Å². The van der Waals surface area contributed by atoms with Crippen molar-refractivity contribution in [2.45, 2.75) is 37.8 Å². The fourth-order valence-electron chi connectivity index (χ4n) is 2.42. The zero-order chi connectivity index (χ0) is 13.8. The lowest BCUT2D eigenvalue weighted by atomic mass is 9.93. The fraction of sp³-hybridized carbons (Fsp3) is 0.533. The van der Waals surface area contributed by atoms with Gasteiger partial charge in [0, 0.05) is 31.4 Å². The Kier molecular flexibility index (Phi) is 4.43. The molecular formula is C15H22N2O2. The summed E-state index contributed by atoms with van der Waals surface area (Å²) in [5.41, 5.74) is 1.74. The van der Waals surface area contributed by atoms with Crippen molar-refractivity contribution in [3.8, 4) is 0 Å². The van der Waals surface area contributed by atoms with Crippen LogP contribution in [0, 0.1) is 0 Å². The minimum atomic E-state index is -0.127. The van der Waals surface area contributed by atoms with E-state index in [2.05, 4.69) is 5.32 Å². The maximum Gasteiger partial charge on any atom is 0.253 e. The Morgan fingerprint density at radius 3 is 2.26 bits per heavy atom. The summed E-state index contributed by atoms with van der Waals surface area (Å²) in [7, 11) is 3.50. The minimum absolute atomic E-state index is 0.0207. The molecule has 1 aliphatic carbocycles. The van der Waals surface area contributed by atoms with Crippen LogP contribution in [0.1, 0.15) is 36.0 Å². The summed E-state index contributed by atoms with van der Waals surface area (Å²) >= 11 is 0. The molecule has 0 atom stereocenters. The molecule has 0 aromatic heterocycles. The lowest BCUT2D eigenvalue weighted by molar-refractivity contribution is 0.0827. The number of nitrogens with zero attached hydrogens (tertiary/aromatic N) is 1. The van der Waals surface area contributed by atoms with Crippen LogP contribution in [0.5, 0.6) is 0 Å². The molecule has 1 aromatic carbocycles. The molecule has 2 rings (SSSR count). The van der Waals surface area contributed by atoms with E-state index in [9.17, 15) is 9.90 Å². The summed E-state index contributed by atoms with van der Waals surface area (Å²) < 4.78 is 0. The molecule has 0 bridgehead atoms. The number of anilines is 1. The van der Waals surface area contributed by atoms with E-state index >= 15 is 0 Å². The quantitative estimate of drug-likeness (QED) is 0.877. The van der Waals surface area contributed by atoms with Gasteiger partial charge >= 0.3 is 0 Å². The normalized spacial score (nSPS) is 22.9. The standard InChI is InChI=1S/C15H22N2O2/c1-17(2)15(19)11-3-5-12(6-4-11)16-13-7-9-14(18)10-8-13/h3-6,13-14,16,18H,7-10H2,1-2H3. The molecule has 104 valence electrons. The van der Waals surface area contributed by atoms with Gasteiger partial charge in [0.2, 0.25) is 0 Å². The highest BCUT2D eigenvalue weighted by Gasteiger charge is 2.19. The van der Waals surface area contributed by atoms with Crippen molar-refractivity contribution in [3.63, 3.8) is 0 Å². The first-order valence-electron chi connectivity index (χ1n) is 6.82. The summed E-state index contributed by atoms with van der Waals surface area (Å²) in [6, 6.07) is 8.02. The summed E-state index contributed by atoms with van der Waals surface area (Å²) in [6.07, 6.45) is 3.61. The Morgan fingerprint density at radius 2 is 1.74 bits per heavy atom. The first kappa shape index (κ1) is 13.9. The first-order chi connectivity index (χ1) is 9.06. The van der Waals surface area contributed by atoms with E-state index in [1.54, 1.807) is 19.0 Å². The number of hydrogen-bond acceptors (Lipinski definition) is 3. The molecule has 0 heterocycles. The number of hydrogen-bond donors (Lipinski definition) is 2. The molecule has 0 aliphatic heterocycles. The van der Waals surface area contributed by atoms with Crippen molar-refractivity contribution in [2.24, 2.45) is 0 Å². The zero-order valence-corrected chi connectivity index (χ0v) is 11.6. The lowest BCUT2D eigenvalue weighted by Crippen LogP contribution is -2.28. The van der Waals surface area contributed by atoms with Crippen LogP contribution in [0.15, 0.2) is 24.3 Å². The van der Waals surface area contributed by atoms with Gasteiger partial charge in [0.05, 0.1) is 6.10 Å². The van der Waals surface area contributed by atoms with Gasteiger partial charge in [-0.2, -0.15) is 0 Å². The molecule has 1 aromatic rings. The maximum atomic E-state index is 11.8. The van der Waals surface area contributed by atoms with Crippen LogP contribution in [0.25, 0.3) is 0 Å². The van der Waals surface area contributed by atoms with Gasteiger partial charge in [-0.25, -0.2) is 0 Å². The molecule has 19 heavy (non-hydrogen) atoms. The number of nitrogens with one attached hydrogen (secondary N) is 1. The van der Waals surface area contributed by atoms with E-state index < -0.39 is 0 Å². The van der Waals surface area contributed by atoms with Crippen molar-refractivity contribution < 1.29 is 9.90 Å². The molecule has 4 heteroatoms. The van der Waals surface area contributed by atoms with Crippen LogP contribution in [-0.4, -0.2) is 42.2 Å². The average Bonchev–Trinajstić information content (AvgIpc) is 2.41. The summed E-state index contributed by atoms with van der Waals surface area (Å²) in [5, 5.41) is 12.9. The SMILES string of the molecule is CN(C)C(=O)c1ccc(NC2CCC(O)CC2)cc1. The van der Waals surface area contributed by atoms with Crippen LogP contribution >= 0.6 is 0 Å². The molecule has 1 saturated carbocycles. The third-order valence-electron chi connectivity index (χ3n) is 3.61. The number of aliphatic hydroxyl groups excluding tert-OH is 1. The van der Waals surface area contributed by atoms with Gasteiger partial charge in [-0.05, 0) is 49.9 Å². The molecule has 2 N–H and O–H groups in total. The van der Waals surface area contributed by atoms with E-state index in [0.29, 0.717) is 11.6 Å². The van der Waals surface area contributed by atoms with Crippen molar-refractivity contribution in [2.75, 3.05) is 19.4 Å². The lowest BCUT2D eigenvalue weighted by Gasteiger charge is -2.27. The zero-order valence-electron chi connectivity index (χ0n) is 11.6. The summed E-state index contributed by atoms with van der Waals surface area (Å²) in [4.78, 5) is 13.3. The number of carbonyl (C=O) groups is 1. The Balaban J connectivity index is 1.93. The Morgan fingerprint density at radius 1 is 1.16 bits per heavy atom. The third-order valence-corrected chi connectivity index (χ3v) is 3.61. The highest BCUT2D eigenvalue weighted by atomic mass is 16.3. The van der Waals surface area contributed by atoms with E-state index in [1.807, 2.05) is 24.3 Å². The van der Waals surface area contributed by atoms with E-state index in [-0.39, 0.29) is 12.0 Å². The molecule has 0 unspecified atom stereocenters. The molecule has 0 saturated heterocycles. The van der Waals surface area contributed by atoms with Crippen molar-refractivity contribution in [1.29, 1.82) is 0 Å². The second kappa shape index (κ2) is 6.06. The van der Waals surface area contributed by atoms with Gasteiger partial charge in [-0.3, -0.25) is 4.79 Å². The van der Waals surface area contributed by atoms with Crippen LogP contribution < -0.4 is 5.32 Å². The smallest absolute Gasteiger partial charge is 0.253 e. The van der Waals surface area contributed by atoms with Crippen LogP contribution in [0.2, 0.25) is 0 Å². The Bertz CT molecular complexity index is 420. The first-order valence-corrected chi connectivity index (χ1v) is 6.82. The fourth-order valence-corrected chi connectivity index (χ4v) is 2.42. The predicted molar refractivity (Wildman–Crippen MR) is 76.3 cm³/mol. The number of benzene rings is 1. The predicted octanol–water partition coefficient (Wildman–Crippen LogP) is 2.10. The van der Waals surface area contributed by atoms with Crippen molar-refractivity contribution in [3.05, 3.63) is 29.8 Å². The molecule has 4 nitrogen and oxygen atoms in total. The minimum Gasteiger partial charge on any atom is -0.393 e. The van der Waals surface area contributed by atoms with Gasteiger partial charge in [0.25, 0.3) is 5.91 Å². The van der Waals surface area contributed by atoms with E-state index in [0.717, 1.165) is 31.4 Å². The topological polar surface area (TPSA) is 52.6 Å². The van der Waals surface area contributed by atoms with Crippen LogP contribution in [0.4, 0.5) is 5.69 Å². The number of carbonyl (C=O) groups excluding carboxylic acids is 1. The second-order valence-electron chi connectivity index (χ2n) is 5.43. The van der Waals surface area contributed by atoms with Gasteiger partial charge in [-0.15, -0.1) is 0 Å². The monoisotopic (exact) mass is 262 g/mol. The van der Waals surface area contributed by atoms with Crippen LogP contribution in [0.3, 0.4) is 0 Å². The molecular weight excluding hydrogens is 240 g/mol. The number of amides is 1. The average molecular weight is 262 g/mol. The third kappa shape index (κ3) is 3.70. The van der Waals surface area contributed by atoms with Crippen LogP contribution in [-0.2, 0) is 0 Å². The molecule has 1 aliphatic rings. The molecule has 0 radical (unpaired) electrons. The van der Waals surface area contributed by atoms with Crippen molar-refractivity contribution >= 4 is 11.6 Å². The summed E-state index contributed by atoms with van der Waals surface area (Å²) in [6.45, 7) is 0. The molecule has 1 fully saturated rings. The van der Waals surface area contributed by atoms with Gasteiger partial charge in [-0.1, -0.05) is 0 Å². The highest BCUT2D eigenvalue weighted by molar-refractivity contribution is 5.94. The Labute approximate surface area is 114 Å². The highest BCUT2D eigenvalue weighted by Crippen LogP contribution is 2.22.